The lowest BCUT2D eigenvalue weighted by Crippen LogP contribution is -2.51. The van der Waals surface area contributed by atoms with Gasteiger partial charge in [-0.05, 0) is 24.5 Å². The van der Waals surface area contributed by atoms with Crippen LogP contribution >= 0.6 is 11.6 Å². The number of hydrogen-bond donors (Lipinski definition) is 4. The third-order valence-corrected chi connectivity index (χ3v) is 8.11. The molecule has 12 nitrogen and oxygen atoms in total. The SMILES string of the molecule is CO/N=C/c1cc2c(Cl)c3c(c(O)c2c(=O)[nH]1)[C@@]1(CC3)C(O)=c2c(=O)c3c(=O)cc(OC)c(=O)c=3c(=O)c2=C1O. The number of oxime groups is 1. The summed E-state index contributed by atoms with van der Waals surface area (Å²) in [6.07, 6.45) is 1.10. The largest absolute Gasteiger partial charge is 0.510 e. The van der Waals surface area contributed by atoms with Gasteiger partial charge in [-0.1, -0.05) is 16.8 Å². The lowest BCUT2D eigenvalue weighted by atomic mass is 9.78. The van der Waals surface area contributed by atoms with Crippen molar-refractivity contribution in [3.8, 4) is 11.5 Å². The van der Waals surface area contributed by atoms with Crippen LogP contribution in [0.4, 0.5) is 0 Å². The molecule has 1 heterocycles. The van der Waals surface area contributed by atoms with Crippen LogP contribution < -0.4 is 42.4 Å². The van der Waals surface area contributed by atoms with Gasteiger partial charge in [0.05, 0.1) is 50.3 Å². The highest BCUT2D eigenvalue weighted by Crippen LogP contribution is 2.56. The molecular weight excluding hydrogens is 548 g/mol. The smallest absolute Gasteiger partial charge is 0.260 e. The van der Waals surface area contributed by atoms with E-state index in [-0.39, 0.29) is 45.5 Å². The number of aromatic nitrogens is 1. The maximum Gasteiger partial charge on any atom is 0.260 e. The summed E-state index contributed by atoms with van der Waals surface area (Å²) in [5.74, 6) is -2.74. The van der Waals surface area contributed by atoms with Crippen molar-refractivity contribution in [3.63, 3.8) is 0 Å². The quantitative estimate of drug-likeness (QED) is 0.180. The highest BCUT2D eigenvalue weighted by Gasteiger charge is 2.53. The summed E-state index contributed by atoms with van der Waals surface area (Å²) in [7, 11) is 2.42. The van der Waals surface area contributed by atoms with Gasteiger partial charge in [-0.3, -0.25) is 24.0 Å². The number of fused-ring (bicyclic) bond motifs is 4. The minimum absolute atomic E-state index is 0.0256. The van der Waals surface area contributed by atoms with Crippen molar-refractivity contribution < 1.29 is 24.9 Å². The van der Waals surface area contributed by atoms with Gasteiger partial charge in [0.15, 0.2) is 11.2 Å². The van der Waals surface area contributed by atoms with Gasteiger partial charge in [0.1, 0.15) is 29.8 Å². The summed E-state index contributed by atoms with van der Waals surface area (Å²) in [5.41, 5.74) is -6.86. The number of aliphatic hydroxyl groups excluding tert-OH is 2. The molecular formula is C27H17ClN2O10. The van der Waals surface area contributed by atoms with Crippen LogP contribution in [0, 0.1) is 10.4 Å². The molecule has 0 fully saturated rings. The third-order valence-electron chi connectivity index (χ3n) is 7.67. The average molecular weight is 565 g/mol. The summed E-state index contributed by atoms with van der Waals surface area (Å²) in [4.78, 5) is 72.8. The first-order valence-corrected chi connectivity index (χ1v) is 12.1. The van der Waals surface area contributed by atoms with E-state index >= 15 is 0 Å². The molecule has 4 aliphatic carbocycles. The molecule has 13 heteroatoms. The Morgan fingerprint density at radius 3 is 2.23 bits per heavy atom. The van der Waals surface area contributed by atoms with Crippen LogP contribution in [0.2, 0.25) is 5.02 Å². The van der Waals surface area contributed by atoms with Gasteiger partial charge in [0.2, 0.25) is 16.3 Å². The van der Waals surface area contributed by atoms with E-state index in [0.717, 1.165) is 13.2 Å². The summed E-state index contributed by atoms with van der Waals surface area (Å²) in [6.45, 7) is 0. The maximum absolute atomic E-state index is 13.6. The van der Waals surface area contributed by atoms with Crippen molar-refractivity contribution >= 4 is 40.1 Å². The molecule has 6 rings (SSSR count). The van der Waals surface area contributed by atoms with Crippen LogP contribution in [0.1, 0.15) is 23.2 Å². The second kappa shape index (κ2) is 8.26. The highest BCUT2D eigenvalue weighted by molar-refractivity contribution is 6.37. The summed E-state index contributed by atoms with van der Waals surface area (Å²) >= 11 is 6.69. The molecule has 4 aliphatic rings. The minimum atomic E-state index is -2.05. The fourth-order valence-corrected chi connectivity index (χ4v) is 6.33. The topological polar surface area (TPSA) is 193 Å². The van der Waals surface area contributed by atoms with Crippen molar-refractivity contribution in [2.75, 3.05) is 14.2 Å². The lowest BCUT2D eigenvalue weighted by Gasteiger charge is -2.27. The van der Waals surface area contributed by atoms with E-state index in [9.17, 15) is 39.3 Å². The Labute approximate surface area is 225 Å². The lowest BCUT2D eigenvalue weighted by molar-refractivity contribution is 0.215. The number of hydrogen-bond acceptors (Lipinski definition) is 11. The second-order valence-corrected chi connectivity index (χ2v) is 9.82. The van der Waals surface area contributed by atoms with Crippen LogP contribution in [0.5, 0.6) is 11.5 Å². The monoisotopic (exact) mass is 564 g/mol. The maximum atomic E-state index is 13.6. The second-order valence-electron chi connectivity index (χ2n) is 9.44. The fourth-order valence-electron chi connectivity index (χ4n) is 5.99. The number of pyridine rings is 1. The van der Waals surface area contributed by atoms with Crippen LogP contribution in [0.25, 0.3) is 22.3 Å². The fraction of sp³-hybridized carbons (Fsp3) is 0.185. The molecule has 1 aromatic carbocycles. The molecule has 0 saturated carbocycles. The number of phenols is 1. The van der Waals surface area contributed by atoms with Crippen molar-refractivity contribution in [2.24, 2.45) is 5.16 Å². The van der Waals surface area contributed by atoms with Crippen molar-refractivity contribution in [1.29, 1.82) is 0 Å². The van der Waals surface area contributed by atoms with Gasteiger partial charge in [-0.15, -0.1) is 0 Å². The van der Waals surface area contributed by atoms with Crippen LogP contribution in [-0.2, 0) is 16.7 Å². The molecule has 0 aliphatic heterocycles. The molecule has 1 atom stereocenters. The Morgan fingerprint density at radius 2 is 1.60 bits per heavy atom. The summed E-state index contributed by atoms with van der Waals surface area (Å²) < 4.78 is 4.87. The number of halogens is 1. The number of ether oxygens (including phenoxy) is 1. The number of nitrogens with one attached hydrogen (secondary N) is 1. The van der Waals surface area contributed by atoms with E-state index in [2.05, 4.69) is 15.0 Å². The molecule has 0 saturated heterocycles. The van der Waals surface area contributed by atoms with Crippen molar-refractivity contribution in [3.05, 3.63) is 106 Å². The standard InChI is InChI=1S/C27H17ClN2O10/c1-39-12-6-11(31)14-15(20(12)32)22(34)17-16(21(14)33)24(36)27(25(17)37)4-3-9-18(27)23(35)13-10(19(9)28)5-8(7-29-40-2)30-26(13)38/h5-7,35-37H,3-4H2,1-2H3,(H,30,38)/b29-7+/t27-/m0/s1. The predicted molar refractivity (Wildman–Crippen MR) is 143 cm³/mol. The molecule has 1 spiro atoms. The minimum Gasteiger partial charge on any atom is -0.510 e. The number of benzene rings is 1. The zero-order chi connectivity index (χ0) is 28.8. The van der Waals surface area contributed by atoms with Gasteiger partial charge in [0.25, 0.3) is 5.56 Å². The van der Waals surface area contributed by atoms with Crippen LogP contribution in [-0.4, -0.2) is 40.7 Å². The van der Waals surface area contributed by atoms with Crippen LogP contribution in [0.3, 0.4) is 0 Å². The first kappa shape index (κ1) is 25.3. The number of rotatable bonds is 3. The van der Waals surface area contributed by atoms with E-state index in [4.69, 9.17) is 16.3 Å². The predicted octanol–water partition coefficient (Wildman–Crippen LogP) is -0.853. The van der Waals surface area contributed by atoms with Crippen molar-refractivity contribution in [2.45, 2.75) is 18.3 Å². The number of aromatic hydroxyl groups is 1. The zero-order valence-electron chi connectivity index (χ0n) is 20.7. The van der Waals surface area contributed by atoms with Gasteiger partial charge in [-0.2, -0.15) is 0 Å². The van der Waals surface area contributed by atoms with E-state index in [0.29, 0.717) is 0 Å². The molecule has 40 heavy (non-hydrogen) atoms. The molecule has 202 valence electrons. The van der Waals surface area contributed by atoms with E-state index < -0.39 is 76.6 Å². The Balaban J connectivity index is 1.80. The third kappa shape index (κ3) is 2.85. The number of nitrogens with zero attached hydrogens (tertiary/aromatic N) is 1. The van der Waals surface area contributed by atoms with Crippen molar-refractivity contribution in [1.82, 2.24) is 4.98 Å². The first-order valence-electron chi connectivity index (χ1n) is 11.7. The number of H-pyrrole nitrogens is 1. The van der Waals surface area contributed by atoms with Gasteiger partial charge >= 0.3 is 0 Å². The van der Waals surface area contributed by atoms with Gasteiger partial charge < -0.3 is 29.9 Å². The number of aliphatic hydroxyl groups is 2. The number of phenolic OH excluding ortho intramolecular Hbond substituents is 1. The number of aromatic amines is 1. The van der Waals surface area contributed by atoms with E-state index in [1.165, 1.54) is 19.4 Å². The molecule has 1 aromatic heterocycles. The van der Waals surface area contributed by atoms with Gasteiger partial charge in [-0.25, -0.2) is 0 Å². The highest BCUT2D eigenvalue weighted by atomic mass is 35.5. The Morgan fingerprint density at radius 1 is 0.950 bits per heavy atom. The summed E-state index contributed by atoms with van der Waals surface area (Å²) in [6, 6.07) is 2.21. The molecule has 0 amide bonds. The molecule has 4 N–H and O–H groups in total. The molecule has 0 radical (unpaired) electrons. The van der Waals surface area contributed by atoms with Crippen LogP contribution in [0.15, 0.2) is 41.3 Å². The average Bonchev–Trinajstić information content (AvgIpc) is 3.43. The first-order chi connectivity index (χ1) is 19.0. The zero-order valence-corrected chi connectivity index (χ0v) is 21.4. The molecule has 0 unspecified atom stereocenters. The molecule has 2 aromatic rings. The Bertz CT molecular complexity index is 2350. The van der Waals surface area contributed by atoms with E-state index in [1.54, 1.807) is 0 Å². The van der Waals surface area contributed by atoms with Gasteiger partial charge in [0, 0.05) is 17.0 Å². The Kier molecular flexibility index (Phi) is 5.23. The summed E-state index contributed by atoms with van der Waals surface area (Å²) in [5, 5.41) is 35.0. The Hall–Kier alpha value is -4.97. The number of methoxy groups -OCH3 is 1. The molecule has 0 bridgehead atoms. The normalized spacial score (nSPS) is 17.9. The van der Waals surface area contributed by atoms with E-state index in [1.807, 2.05) is 0 Å².